The van der Waals surface area contributed by atoms with Gasteiger partial charge in [0.15, 0.2) is 11.5 Å². The van der Waals surface area contributed by atoms with Crippen LogP contribution in [0.25, 0.3) is 0 Å². The van der Waals surface area contributed by atoms with Crippen molar-refractivity contribution in [2.45, 2.75) is 13.5 Å². The molecule has 0 aliphatic carbocycles. The highest BCUT2D eigenvalue weighted by Crippen LogP contribution is 2.30. The van der Waals surface area contributed by atoms with Crippen molar-refractivity contribution in [2.24, 2.45) is 5.16 Å². The van der Waals surface area contributed by atoms with Crippen molar-refractivity contribution in [3.63, 3.8) is 0 Å². The van der Waals surface area contributed by atoms with Gasteiger partial charge in [0, 0.05) is 5.56 Å². The molecule has 0 N–H and O–H groups in total. The van der Waals surface area contributed by atoms with Crippen LogP contribution in [0.3, 0.4) is 0 Å². The largest absolute Gasteiger partial charge is 0.486 e. The van der Waals surface area contributed by atoms with E-state index >= 15 is 0 Å². The number of benzene rings is 2. The number of nitriles is 1. The summed E-state index contributed by atoms with van der Waals surface area (Å²) >= 11 is 0. The molecule has 0 fully saturated rings. The first-order valence-electron chi connectivity index (χ1n) is 7.32. The summed E-state index contributed by atoms with van der Waals surface area (Å²) in [6.07, 6.45) is 0. The van der Waals surface area contributed by atoms with Crippen molar-refractivity contribution < 1.29 is 14.3 Å². The van der Waals surface area contributed by atoms with Gasteiger partial charge in [-0.2, -0.15) is 5.26 Å². The Morgan fingerprint density at radius 2 is 1.87 bits per heavy atom. The molecule has 5 nitrogen and oxygen atoms in total. The molecule has 0 bridgehead atoms. The van der Waals surface area contributed by atoms with E-state index in [2.05, 4.69) is 11.2 Å². The number of hydrogen-bond donors (Lipinski definition) is 0. The smallest absolute Gasteiger partial charge is 0.162 e. The first-order chi connectivity index (χ1) is 11.3. The fourth-order valence-corrected chi connectivity index (χ4v) is 2.20. The Morgan fingerprint density at radius 1 is 1.13 bits per heavy atom. The van der Waals surface area contributed by atoms with Crippen LogP contribution in [0.5, 0.6) is 11.5 Å². The van der Waals surface area contributed by atoms with E-state index in [1.54, 1.807) is 12.1 Å². The number of rotatable bonds is 4. The average molecular weight is 308 g/mol. The molecule has 1 aliphatic heterocycles. The number of fused-ring (bicyclic) bond motifs is 1. The molecule has 2 aromatic carbocycles. The molecule has 0 spiro atoms. The van der Waals surface area contributed by atoms with Gasteiger partial charge in [0.25, 0.3) is 0 Å². The van der Waals surface area contributed by atoms with Crippen LogP contribution in [0.15, 0.2) is 47.6 Å². The maximum atomic E-state index is 8.77. The third-order valence-corrected chi connectivity index (χ3v) is 3.48. The predicted octanol–water partition coefficient (Wildman–Crippen LogP) is 3.27. The molecule has 1 aliphatic rings. The van der Waals surface area contributed by atoms with Gasteiger partial charge in [0.05, 0.1) is 17.3 Å². The Kier molecular flexibility index (Phi) is 4.44. The molecular formula is C18H16N2O3. The fourth-order valence-electron chi connectivity index (χ4n) is 2.20. The maximum absolute atomic E-state index is 8.77. The molecule has 0 amide bonds. The Labute approximate surface area is 134 Å². The van der Waals surface area contributed by atoms with Gasteiger partial charge in [0.2, 0.25) is 0 Å². The average Bonchev–Trinajstić information content (AvgIpc) is 2.61. The molecule has 2 aromatic rings. The lowest BCUT2D eigenvalue weighted by Gasteiger charge is -2.18. The van der Waals surface area contributed by atoms with Gasteiger partial charge < -0.3 is 14.3 Å². The molecule has 116 valence electrons. The highest BCUT2D eigenvalue weighted by atomic mass is 16.6. The Morgan fingerprint density at radius 3 is 2.61 bits per heavy atom. The Balaban J connectivity index is 1.64. The summed E-state index contributed by atoms with van der Waals surface area (Å²) in [6, 6.07) is 15.0. The van der Waals surface area contributed by atoms with E-state index in [-0.39, 0.29) is 0 Å². The van der Waals surface area contributed by atoms with E-state index in [1.807, 2.05) is 37.3 Å². The zero-order valence-electron chi connectivity index (χ0n) is 12.8. The number of ether oxygens (including phenoxy) is 2. The van der Waals surface area contributed by atoms with E-state index in [0.29, 0.717) is 25.4 Å². The van der Waals surface area contributed by atoms with Gasteiger partial charge in [0.1, 0.15) is 19.8 Å². The zero-order valence-corrected chi connectivity index (χ0v) is 12.8. The fraction of sp³-hybridized carbons (Fsp3) is 0.222. The van der Waals surface area contributed by atoms with Crippen LogP contribution in [-0.4, -0.2) is 18.9 Å². The molecule has 0 saturated carbocycles. The lowest BCUT2D eigenvalue weighted by atomic mass is 10.1. The second kappa shape index (κ2) is 6.84. The van der Waals surface area contributed by atoms with Gasteiger partial charge in [-0.25, -0.2) is 0 Å². The number of nitrogens with zero attached hydrogens (tertiary/aromatic N) is 2. The van der Waals surface area contributed by atoms with Gasteiger partial charge >= 0.3 is 0 Å². The third kappa shape index (κ3) is 3.61. The topological polar surface area (TPSA) is 63.8 Å². The molecule has 0 aromatic heterocycles. The van der Waals surface area contributed by atoms with Gasteiger partial charge in [-0.15, -0.1) is 0 Å². The molecule has 0 saturated heterocycles. The normalized spacial score (nSPS) is 13.3. The van der Waals surface area contributed by atoms with Crippen LogP contribution in [0.2, 0.25) is 0 Å². The van der Waals surface area contributed by atoms with Crippen molar-refractivity contribution in [1.29, 1.82) is 5.26 Å². The lowest BCUT2D eigenvalue weighted by Crippen LogP contribution is -2.15. The lowest BCUT2D eigenvalue weighted by molar-refractivity contribution is 0.130. The molecule has 1 heterocycles. The number of oxime groups is 1. The van der Waals surface area contributed by atoms with Crippen LogP contribution in [0.1, 0.15) is 23.6 Å². The summed E-state index contributed by atoms with van der Waals surface area (Å²) in [5.41, 5.74) is 3.28. The van der Waals surface area contributed by atoms with Crippen LogP contribution in [0.4, 0.5) is 0 Å². The van der Waals surface area contributed by atoms with Crippen molar-refractivity contribution in [3.05, 3.63) is 59.2 Å². The van der Waals surface area contributed by atoms with E-state index in [1.165, 1.54) is 0 Å². The van der Waals surface area contributed by atoms with Gasteiger partial charge in [-0.05, 0) is 42.8 Å². The SMILES string of the molecule is C/C(=N\OCc1ccc(C#N)cc1)c1ccc2c(c1)OCCO2. The van der Waals surface area contributed by atoms with Gasteiger partial charge in [-0.1, -0.05) is 17.3 Å². The summed E-state index contributed by atoms with van der Waals surface area (Å²) in [6.45, 7) is 3.37. The first kappa shape index (κ1) is 14.9. The van der Waals surface area contributed by atoms with Crippen molar-refractivity contribution in [2.75, 3.05) is 13.2 Å². The molecule has 0 unspecified atom stereocenters. The van der Waals surface area contributed by atoms with Gasteiger partial charge in [-0.3, -0.25) is 0 Å². The van der Waals surface area contributed by atoms with Crippen LogP contribution < -0.4 is 9.47 Å². The highest BCUT2D eigenvalue weighted by molar-refractivity contribution is 5.98. The molecule has 0 atom stereocenters. The summed E-state index contributed by atoms with van der Waals surface area (Å²) in [5, 5.41) is 12.9. The summed E-state index contributed by atoms with van der Waals surface area (Å²) in [7, 11) is 0. The minimum atomic E-state index is 0.355. The molecule has 0 radical (unpaired) electrons. The van der Waals surface area contributed by atoms with Crippen LogP contribution in [-0.2, 0) is 11.4 Å². The standard InChI is InChI=1S/C18H16N2O3/c1-13(16-6-7-17-18(10-16)22-9-8-21-17)20-23-12-15-4-2-14(11-19)3-5-15/h2-7,10H,8-9,12H2,1H3/b20-13+. The maximum Gasteiger partial charge on any atom is 0.162 e. The highest BCUT2D eigenvalue weighted by Gasteiger charge is 2.12. The summed E-state index contributed by atoms with van der Waals surface area (Å²) < 4.78 is 11.1. The minimum absolute atomic E-state index is 0.355. The monoisotopic (exact) mass is 308 g/mol. The van der Waals surface area contributed by atoms with E-state index in [0.717, 1.165) is 28.3 Å². The Bertz CT molecular complexity index is 761. The van der Waals surface area contributed by atoms with Crippen LogP contribution in [0, 0.1) is 11.3 Å². The molecule has 5 heteroatoms. The van der Waals surface area contributed by atoms with E-state index in [9.17, 15) is 0 Å². The summed E-state index contributed by atoms with van der Waals surface area (Å²) in [5.74, 6) is 1.49. The molecule has 23 heavy (non-hydrogen) atoms. The summed E-state index contributed by atoms with van der Waals surface area (Å²) in [4.78, 5) is 5.39. The van der Waals surface area contributed by atoms with Crippen molar-refractivity contribution >= 4 is 5.71 Å². The number of hydrogen-bond acceptors (Lipinski definition) is 5. The second-order valence-electron chi connectivity index (χ2n) is 5.12. The van der Waals surface area contributed by atoms with E-state index < -0.39 is 0 Å². The van der Waals surface area contributed by atoms with Crippen molar-refractivity contribution in [1.82, 2.24) is 0 Å². The van der Waals surface area contributed by atoms with Crippen LogP contribution >= 0.6 is 0 Å². The Hall–Kier alpha value is -3.00. The quantitative estimate of drug-likeness (QED) is 0.642. The first-order valence-corrected chi connectivity index (χ1v) is 7.32. The zero-order chi connectivity index (χ0) is 16.1. The molecular weight excluding hydrogens is 292 g/mol. The van der Waals surface area contributed by atoms with Crippen molar-refractivity contribution in [3.8, 4) is 17.6 Å². The van der Waals surface area contributed by atoms with E-state index in [4.69, 9.17) is 19.6 Å². The second-order valence-corrected chi connectivity index (χ2v) is 5.12. The molecule has 3 rings (SSSR count). The minimum Gasteiger partial charge on any atom is -0.486 e. The third-order valence-electron chi connectivity index (χ3n) is 3.48. The predicted molar refractivity (Wildman–Crippen MR) is 85.6 cm³/mol.